The highest BCUT2D eigenvalue weighted by Gasteiger charge is 2.26. The molecule has 0 saturated carbocycles. The van der Waals surface area contributed by atoms with Crippen LogP contribution in [-0.4, -0.2) is 48.4 Å². The van der Waals surface area contributed by atoms with Crippen LogP contribution in [0.3, 0.4) is 0 Å². The van der Waals surface area contributed by atoms with Crippen LogP contribution in [0, 0.1) is 0 Å². The second-order valence-electron chi connectivity index (χ2n) is 4.38. The Labute approximate surface area is 100 Å². The van der Waals surface area contributed by atoms with Crippen molar-refractivity contribution in [3.8, 4) is 0 Å². The summed E-state index contributed by atoms with van der Waals surface area (Å²) in [5.74, 6) is 0.297. The lowest BCUT2D eigenvalue weighted by Gasteiger charge is -2.35. The summed E-state index contributed by atoms with van der Waals surface area (Å²) in [7, 11) is -2.80. The third-order valence-corrected chi connectivity index (χ3v) is 4.68. The number of alkyl halides is 1. The number of halogens is 1. The van der Waals surface area contributed by atoms with Gasteiger partial charge in [-0.25, -0.2) is 8.42 Å². The van der Waals surface area contributed by atoms with Crippen LogP contribution in [0.2, 0.25) is 0 Å². The number of sulfone groups is 1. The van der Waals surface area contributed by atoms with E-state index in [9.17, 15) is 8.42 Å². The van der Waals surface area contributed by atoms with Gasteiger partial charge in [0.15, 0.2) is 0 Å². The van der Waals surface area contributed by atoms with Crippen molar-refractivity contribution < 1.29 is 8.42 Å². The highest BCUT2D eigenvalue weighted by molar-refractivity contribution is 14.1. The van der Waals surface area contributed by atoms with E-state index in [-0.39, 0.29) is 0 Å². The van der Waals surface area contributed by atoms with Gasteiger partial charge in [-0.1, -0.05) is 29.5 Å². The molecule has 84 valence electrons. The molecule has 14 heavy (non-hydrogen) atoms. The van der Waals surface area contributed by atoms with Gasteiger partial charge in [0.05, 0.1) is 5.75 Å². The molecule has 0 aromatic heterocycles. The Kier molecular flexibility index (Phi) is 4.22. The Hall–Kier alpha value is 0.640. The topological polar surface area (TPSA) is 37.4 Å². The van der Waals surface area contributed by atoms with E-state index in [1.54, 1.807) is 0 Å². The van der Waals surface area contributed by atoms with Crippen molar-refractivity contribution in [2.75, 3.05) is 31.6 Å². The first-order valence-electron chi connectivity index (χ1n) is 4.88. The minimum Gasteiger partial charge on any atom is -0.302 e. The Morgan fingerprint density at radius 3 is 2.29 bits per heavy atom. The summed E-state index contributed by atoms with van der Waals surface area (Å²) < 4.78 is 22.4. The van der Waals surface area contributed by atoms with E-state index in [1.807, 2.05) is 0 Å². The van der Waals surface area contributed by atoms with Gasteiger partial charge in [0.1, 0.15) is 9.84 Å². The molecular formula is C9H18INO2S. The predicted octanol–water partition coefficient (Wildman–Crippen LogP) is 1.32. The summed E-state index contributed by atoms with van der Waals surface area (Å²) in [6.07, 6.45) is 3.63. The molecule has 1 fully saturated rings. The molecule has 0 aromatic carbocycles. The minimum atomic E-state index is -2.80. The lowest BCUT2D eigenvalue weighted by molar-refractivity contribution is 0.222. The lowest BCUT2D eigenvalue weighted by Crippen LogP contribution is -2.41. The second-order valence-corrected chi connectivity index (χ2v) is 9.25. The third kappa shape index (κ3) is 4.93. The van der Waals surface area contributed by atoms with Crippen molar-refractivity contribution in [2.45, 2.75) is 23.2 Å². The summed E-state index contributed by atoms with van der Waals surface area (Å²) in [5, 5.41) is 0. The van der Waals surface area contributed by atoms with Crippen LogP contribution in [0.25, 0.3) is 0 Å². The maximum atomic E-state index is 11.0. The van der Waals surface area contributed by atoms with Gasteiger partial charge in [-0.15, -0.1) is 0 Å². The molecule has 0 aliphatic carbocycles. The first-order valence-corrected chi connectivity index (χ1v) is 8.01. The molecule has 0 unspecified atom stereocenters. The van der Waals surface area contributed by atoms with Crippen molar-refractivity contribution in [1.82, 2.24) is 4.90 Å². The van der Waals surface area contributed by atoms with Gasteiger partial charge in [-0.3, -0.25) is 0 Å². The zero-order valence-electron chi connectivity index (χ0n) is 8.79. The van der Waals surface area contributed by atoms with E-state index in [0.717, 1.165) is 25.9 Å². The van der Waals surface area contributed by atoms with Gasteiger partial charge in [0.2, 0.25) is 0 Å². The van der Waals surface area contributed by atoms with E-state index in [1.165, 1.54) is 6.26 Å². The van der Waals surface area contributed by atoms with E-state index in [2.05, 4.69) is 34.4 Å². The van der Waals surface area contributed by atoms with Crippen molar-refractivity contribution >= 4 is 32.4 Å². The van der Waals surface area contributed by atoms with Crippen molar-refractivity contribution in [3.05, 3.63) is 0 Å². The molecule has 0 bridgehead atoms. The summed E-state index contributed by atoms with van der Waals surface area (Å²) in [6, 6.07) is 0. The van der Waals surface area contributed by atoms with Crippen LogP contribution in [0.15, 0.2) is 0 Å². The van der Waals surface area contributed by atoms with Gasteiger partial charge in [-0.05, 0) is 25.9 Å². The molecule has 1 heterocycles. The van der Waals surface area contributed by atoms with Gasteiger partial charge in [0, 0.05) is 16.2 Å². The van der Waals surface area contributed by atoms with E-state index in [4.69, 9.17) is 0 Å². The number of likely N-dealkylation sites (tertiary alicyclic amines) is 1. The molecule has 1 aliphatic heterocycles. The molecule has 0 spiro atoms. The maximum absolute atomic E-state index is 11.0. The highest BCUT2D eigenvalue weighted by Crippen LogP contribution is 2.30. The van der Waals surface area contributed by atoms with E-state index < -0.39 is 9.84 Å². The molecule has 0 aromatic rings. The Morgan fingerprint density at radius 1 is 1.36 bits per heavy atom. The van der Waals surface area contributed by atoms with Crippen LogP contribution in [-0.2, 0) is 9.84 Å². The van der Waals surface area contributed by atoms with Crippen LogP contribution >= 0.6 is 22.6 Å². The van der Waals surface area contributed by atoms with Crippen LogP contribution in [0.5, 0.6) is 0 Å². The monoisotopic (exact) mass is 331 g/mol. The molecule has 0 atom stereocenters. The molecule has 0 amide bonds. The smallest absolute Gasteiger partial charge is 0.148 e. The Bertz CT molecular complexity index is 277. The average molecular weight is 331 g/mol. The van der Waals surface area contributed by atoms with Crippen LogP contribution < -0.4 is 0 Å². The van der Waals surface area contributed by atoms with Crippen LogP contribution in [0.1, 0.15) is 19.8 Å². The number of hydrogen-bond donors (Lipinski definition) is 0. The van der Waals surface area contributed by atoms with Gasteiger partial charge >= 0.3 is 0 Å². The zero-order chi connectivity index (χ0) is 10.8. The Morgan fingerprint density at radius 2 is 1.86 bits per heavy atom. The normalized spacial score (nSPS) is 23.6. The summed E-state index contributed by atoms with van der Waals surface area (Å²) >= 11 is 2.50. The predicted molar refractivity (Wildman–Crippen MR) is 67.8 cm³/mol. The minimum absolute atomic E-state index is 0.297. The summed E-state index contributed by atoms with van der Waals surface area (Å²) in [4.78, 5) is 2.25. The van der Waals surface area contributed by atoms with E-state index in [0.29, 0.717) is 15.7 Å². The number of piperidine rings is 1. The first-order chi connectivity index (χ1) is 6.29. The lowest BCUT2D eigenvalue weighted by atomic mass is 9.99. The van der Waals surface area contributed by atoms with Crippen LogP contribution in [0.4, 0.5) is 0 Å². The van der Waals surface area contributed by atoms with Crippen molar-refractivity contribution in [2.24, 2.45) is 0 Å². The molecule has 0 radical (unpaired) electrons. The Balaban J connectivity index is 2.30. The summed E-state index contributed by atoms with van der Waals surface area (Å²) in [5.41, 5.74) is 0. The van der Waals surface area contributed by atoms with Crippen molar-refractivity contribution in [3.63, 3.8) is 0 Å². The fraction of sp³-hybridized carbons (Fsp3) is 1.00. The molecule has 1 aliphatic rings. The number of nitrogens with zero attached hydrogens (tertiary/aromatic N) is 1. The fourth-order valence-electron chi connectivity index (χ4n) is 1.54. The average Bonchev–Trinajstić information content (AvgIpc) is 2.01. The van der Waals surface area contributed by atoms with Gasteiger partial charge in [0.25, 0.3) is 0 Å². The molecule has 0 N–H and O–H groups in total. The molecule has 1 rings (SSSR count). The largest absolute Gasteiger partial charge is 0.302 e. The van der Waals surface area contributed by atoms with Gasteiger partial charge < -0.3 is 4.90 Å². The maximum Gasteiger partial charge on any atom is 0.148 e. The highest BCUT2D eigenvalue weighted by atomic mass is 127. The standard InChI is InChI=1S/C9H18INO2S/c1-9(10)3-5-11(6-4-9)7-8-14(2,12)13/h3-8H2,1-2H3. The fourth-order valence-corrected chi connectivity index (χ4v) is 2.61. The second kappa shape index (κ2) is 4.65. The quantitative estimate of drug-likeness (QED) is 0.578. The number of rotatable bonds is 3. The first kappa shape index (κ1) is 12.7. The zero-order valence-corrected chi connectivity index (χ0v) is 11.8. The molecule has 3 nitrogen and oxygen atoms in total. The van der Waals surface area contributed by atoms with E-state index >= 15 is 0 Å². The molecule has 5 heteroatoms. The van der Waals surface area contributed by atoms with Crippen molar-refractivity contribution in [1.29, 1.82) is 0 Å². The number of hydrogen-bond acceptors (Lipinski definition) is 3. The molecule has 1 saturated heterocycles. The summed E-state index contributed by atoms with van der Waals surface area (Å²) in [6.45, 7) is 5.04. The van der Waals surface area contributed by atoms with Gasteiger partial charge in [-0.2, -0.15) is 0 Å². The molecular weight excluding hydrogens is 313 g/mol. The SMILES string of the molecule is CC1(I)CCN(CCS(C)(=O)=O)CC1. The third-order valence-electron chi connectivity index (χ3n) is 2.68.